The molecule has 0 radical (unpaired) electrons. The highest BCUT2D eigenvalue weighted by atomic mass is 16.6. The summed E-state index contributed by atoms with van der Waals surface area (Å²) in [6, 6.07) is 0. The molecule has 80 heavy (non-hydrogen) atoms. The molecular weight excluding hydrogens is 985 g/mol. The van der Waals surface area contributed by atoms with E-state index in [1.807, 2.05) is 0 Å². The number of esters is 3. The Hall–Kier alpha value is -2.63. The standard InChI is InChI=1S/C74H136O6/c1-4-7-10-13-16-19-22-25-28-30-32-33-34-35-36-37-38-39-40-42-43-46-49-52-55-58-61-64-67-73(76)79-70-71(69-78-72(75)66-63-60-57-54-51-48-45-27-24-21-18-15-12-9-6-3)80-74(77)68-65-62-59-56-53-50-47-44-41-31-29-26-23-20-17-14-11-8-5-2/h9,12,18,21,26-27,29,45,71H,4-8,10-11,13-17,19-20,22-25,28,30-44,46-70H2,1-3H3/b12-9-,21-18-,29-26-,45-27-. The number of unbranched alkanes of at least 4 members (excludes halogenated alkanes) is 47. The van der Waals surface area contributed by atoms with Gasteiger partial charge in [0.05, 0.1) is 0 Å². The van der Waals surface area contributed by atoms with Crippen LogP contribution in [0.2, 0.25) is 0 Å². The van der Waals surface area contributed by atoms with Crippen LogP contribution in [0.3, 0.4) is 0 Å². The van der Waals surface area contributed by atoms with E-state index < -0.39 is 6.10 Å². The van der Waals surface area contributed by atoms with Gasteiger partial charge in [0.15, 0.2) is 6.10 Å². The smallest absolute Gasteiger partial charge is 0.306 e. The number of hydrogen-bond donors (Lipinski definition) is 0. The quantitative estimate of drug-likeness (QED) is 0.0261. The van der Waals surface area contributed by atoms with Crippen molar-refractivity contribution in [2.24, 2.45) is 0 Å². The second kappa shape index (κ2) is 68.9. The fourth-order valence-corrected chi connectivity index (χ4v) is 10.8. The minimum absolute atomic E-state index is 0.0755. The van der Waals surface area contributed by atoms with Gasteiger partial charge in [0, 0.05) is 19.3 Å². The molecule has 6 nitrogen and oxygen atoms in total. The summed E-state index contributed by atoms with van der Waals surface area (Å²) < 4.78 is 17.0. The number of ether oxygens (including phenoxy) is 3. The van der Waals surface area contributed by atoms with Crippen LogP contribution in [0.25, 0.3) is 0 Å². The van der Waals surface area contributed by atoms with Crippen molar-refractivity contribution in [1.29, 1.82) is 0 Å². The molecule has 6 heteroatoms. The monoisotopic (exact) mass is 1120 g/mol. The van der Waals surface area contributed by atoms with Gasteiger partial charge >= 0.3 is 17.9 Å². The van der Waals surface area contributed by atoms with Crippen molar-refractivity contribution < 1.29 is 28.6 Å². The Bertz CT molecular complexity index is 1380. The second-order valence-electron chi connectivity index (χ2n) is 24.1. The van der Waals surface area contributed by atoms with E-state index in [1.54, 1.807) is 0 Å². The Labute approximate surface area is 498 Å². The summed E-state index contributed by atoms with van der Waals surface area (Å²) in [4.78, 5) is 38.4. The van der Waals surface area contributed by atoms with Crippen LogP contribution in [0.4, 0.5) is 0 Å². The fraction of sp³-hybridized carbons (Fsp3) is 0.851. The van der Waals surface area contributed by atoms with Gasteiger partial charge in [0.2, 0.25) is 0 Å². The van der Waals surface area contributed by atoms with Gasteiger partial charge in [-0.15, -0.1) is 0 Å². The van der Waals surface area contributed by atoms with Crippen LogP contribution in [0.1, 0.15) is 387 Å². The summed E-state index contributed by atoms with van der Waals surface area (Å²) in [5, 5.41) is 0. The predicted octanol–water partition coefficient (Wildman–Crippen LogP) is 24.5. The van der Waals surface area contributed by atoms with Gasteiger partial charge < -0.3 is 14.2 Å². The zero-order valence-electron chi connectivity index (χ0n) is 53.9. The first kappa shape index (κ1) is 77.4. The van der Waals surface area contributed by atoms with Crippen molar-refractivity contribution in [1.82, 2.24) is 0 Å². The number of carbonyl (C=O) groups is 3. The van der Waals surface area contributed by atoms with Crippen LogP contribution < -0.4 is 0 Å². The summed E-state index contributed by atoms with van der Waals surface area (Å²) in [7, 11) is 0. The SMILES string of the molecule is CC/C=C\C/C=C\C/C=C\CCCCCCCC(=O)OCC(COC(=O)CCCCCCCCCCCCCCCCCCCCCCCCCCCCCC)OC(=O)CCCCCCCCCCC/C=C\CCCCCCCC. The molecule has 0 aliphatic carbocycles. The summed E-state index contributed by atoms with van der Waals surface area (Å²) in [5.41, 5.74) is 0. The second-order valence-corrected chi connectivity index (χ2v) is 24.1. The van der Waals surface area contributed by atoms with Crippen LogP contribution in [0.15, 0.2) is 48.6 Å². The minimum atomic E-state index is -0.781. The van der Waals surface area contributed by atoms with Gasteiger partial charge in [0.1, 0.15) is 13.2 Å². The van der Waals surface area contributed by atoms with Crippen LogP contribution in [-0.4, -0.2) is 37.2 Å². The highest BCUT2D eigenvalue weighted by molar-refractivity contribution is 5.71. The maximum absolute atomic E-state index is 12.9. The van der Waals surface area contributed by atoms with E-state index in [4.69, 9.17) is 14.2 Å². The van der Waals surface area contributed by atoms with Crippen LogP contribution in [0.5, 0.6) is 0 Å². The number of rotatable bonds is 66. The zero-order valence-corrected chi connectivity index (χ0v) is 53.9. The maximum Gasteiger partial charge on any atom is 0.306 e. The lowest BCUT2D eigenvalue weighted by molar-refractivity contribution is -0.167. The molecule has 0 aromatic carbocycles. The third-order valence-corrected chi connectivity index (χ3v) is 16.1. The molecule has 1 atom stereocenters. The van der Waals surface area contributed by atoms with E-state index in [0.717, 1.165) is 96.3 Å². The molecular formula is C74H136O6. The molecule has 0 bridgehead atoms. The lowest BCUT2D eigenvalue weighted by Gasteiger charge is -2.18. The first-order valence-corrected chi connectivity index (χ1v) is 35.6. The van der Waals surface area contributed by atoms with Gasteiger partial charge in [-0.3, -0.25) is 14.4 Å². The van der Waals surface area contributed by atoms with Crippen LogP contribution in [-0.2, 0) is 28.6 Å². The van der Waals surface area contributed by atoms with Gasteiger partial charge in [0.25, 0.3) is 0 Å². The van der Waals surface area contributed by atoms with Crippen molar-refractivity contribution in [2.45, 2.75) is 393 Å². The molecule has 0 N–H and O–H groups in total. The molecule has 0 rings (SSSR count). The normalized spacial score (nSPS) is 12.3. The van der Waals surface area contributed by atoms with E-state index in [2.05, 4.69) is 69.4 Å². The molecule has 0 aliphatic rings. The van der Waals surface area contributed by atoms with Crippen molar-refractivity contribution in [2.75, 3.05) is 13.2 Å². The van der Waals surface area contributed by atoms with Crippen molar-refractivity contribution in [3.8, 4) is 0 Å². The minimum Gasteiger partial charge on any atom is -0.462 e. The average Bonchev–Trinajstić information content (AvgIpc) is 3.46. The van der Waals surface area contributed by atoms with Gasteiger partial charge in [-0.2, -0.15) is 0 Å². The molecule has 1 unspecified atom stereocenters. The average molecular weight is 1120 g/mol. The number of allylic oxidation sites excluding steroid dienone is 8. The lowest BCUT2D eigenvalue weighted by Crippen LogP contribution is -2.30. The Morgan fingerprint density at radius 3 is 0.775 bits per heavy atom. The Kier molecular flexibility index (Phi) is 66.6. The van der Waals surface area contributed by atoms with Gasteiger partial charge in [-0.25, -0.2) is 0 Å². The van der Waals surface area contributed by atoms with Crippen molar-refractivity contribution in [3.05, 3.63) is 48.6 Å². The molecule has 0 heterocycles. The fourth-order valence-electron chi connectivity index (χ4n) is 10.8. The Morgan fingerprint density at radius 1 is 0.263 bits per heavy atom. The molecule has 0 spiro atoms. The highest BCUT2D eigenvalue weighted by Gasteiger charge is 2.19. The summed E-state index contributed by atoms with van der Waals surface area (Å²) in [6.45, 7) is 6.58. The molecule has 0 saturated heterocycles. The van der Waals surface area contributed by atoms with Crippen molar-refractivity contribution >= 4 is 17.9 Å². The third kappa shape index (κ3) is 66.2. The predicted molar refractivity (Wildman–Crippen MR) is 349 cm³/mol. The molecule has 0 saturated carbocycles. The van der Waals surface area contributed by atoms with E-state index in [0.29, 0.717) is 19.3 Å². The van der Waals surface area contributed by atoms with Crippen LogP contribution in [0, 0.1) is 0 Å². The van der Waals surface area contributed by atoms with E-state index in [-0.39, 0.29) is 31.1 Å². The summed E-state index contributed by atoms with van der Waals surface area (Å²) >= 11 is 0. The molecule has 0 fully saturated rings. The lowest BCUT2D eigenvalue weighted by atomic mass is 10.0. The molecule has 0 aromatic rings. The van der Waals surface area contributed by atoms with Crippen molar-refractivity contribution in [3.63, 3.8) is 0 Å². The first-order valence-electron chi connectivity index (χ1n) is 35.6. The Morgan fingerprint density at radius 2 is 0.487 bits per heavy atom. The zero-order chi connectivity index (χ0) is 57.8. The summed E-state index contributed by atoms with van der Waals surface area (Å²) in [6.07, 6.45) is 87.2. The Balaban J connectivity index is 4.23. The molecule has 0 aliphatic heterocycles. The highest BCUT2D eigenvalue weighted by Crippen LogP contribution is 2.19. The van der Waals surface area contributed by atoms with Gasteiger partial charge in [-0.1, -0.05) is 339 Å². The molecule has 0 amide bonds. The van der Waals surface area contributed by atoms with E-state index in [9.17, 15) is 14.4 Å². The summed E-state index contributed by atoms with van der Waals surface area (Å²) in [5.74, 6) is -0.870. The van der Waals surface area contributed by atoms with E-state index >= 15 is 0 Å². The third-order valence-electron chi connectivity index (χ3n) is 16.1. The largest absolute Gasteiger partial charge is 0.462 e. The first-order chi connectivity index (χ1) is 39.5. The number of hydrogen-bond acceptors (Lipinski definition) is 6. The maximum atomic E-state index is 12.9. The van der Waals surface area contributed by atoms with Crippen LogP contribution >= 0.6 is 0 Å². The number of carbonyl (C=O) groups excluding carboxylic acids is 3. The molecule has 468 valence electrons. The van der Waals surface area contributed by atoms with Gasteiger partial charge in [-0.05, 0) is 77.0 Å². The molecule has 0 aromatic heterocycles. The van der Waals surface area contributed by atoms with E-state index in [1.165, 1.54) is 250 Å². The topological polar surface area (TPSA) is 78.9 Å².